The van der Waals surface area contributed by atoms with E-state index in [1.165, 1.54) is 12.1 Å². The van der Waals surface area contributed by atoms with Crippen molar-refractivity contribution in [3.05, 3.63) is 87.9 Å². The highest BCUT2D eigenvalue weighted by atomic mass is 35.5. The van der Waals surface area contributed by atoms with Crippen LogP contribution in [0, 0.1) is 13.8 Å². The summed E-state index contributed by atoms with van der Waals surface area (Å²) in [5, 5.41) is 2.72. The molecule has 3 aromatic rings. The Hall–Kier alpha value is -3.04. The molecule has 3 aromatic carbocycles. The molecule has 3 rings (SSSR count). The smallest absolute Gasteiger partial charge is 0.322 e. The van der Waals surface area contributed by atoms with Crippen LogP contribution in [0.3, 0.4) is 0 Å². The first-order valence-electron chi connectivity index (χ1n) is 9.25. The zero-order valence-corrected chi connectivity index (χ0v) is 18.5. The maximum Gasteiger partial charge on any atom is 0.416 e. The van der Waals surface area contributed by atoms with E-state index in [1.807, 2.05) is 19.1 Å². The summed E-state index contributed by atoms with van der Waals surface area (Å²) >= 11 is 6.11. The highest BCUT2D eigenvalue weighted by Gasteiger charge is 2.31. The Morgan fingerprint density at radius 1 is 0.969 bits per heavy atom. The number of nitrogens with one attached hydrogen (secondary N) is 2. The molecule has 0 aliphatic carbocycles. The van der Waals surface area contributed by atoms with Crippen LogP contribution >= 0.6 is 11.6 Å². The minimum absolute atomic E-state index is 0.0193. The summed E-state index contributed by atoms with van der Waals surface area (Å²) in [5.74, 6) is -0.625. The summed E-state index contributed by atoms with van der Waals surface area (Å²) in [6.45, 7) is 3.66. The topological polar surface area (TPSA) is 75.3 Å². The van der Waals surface area contributed by atoms with Gasteiger partial charge in [0.05, 0.1) is 21.0 Å². The van der Waals surface area contributed by atoms with Gasteiger partial charge in [0.15, 0.2) is 0 Å². The highest BCUT2D eigenvalue weighted by molar-refractivity contribution is 7.92. The van der Waals surface area contributed by atoms with Gasteiger partial charge in [0.25, 0.3) is 15.9 Å². The predicted molar refractivity (Wildman–Crippen MR) is 118 cm³/mol. The molecular formula is C22H18ClF3N2O3S. The van der Waals surface area contributed by atoms with Gasteiger partial charge in [0.1, 0.15) is 0 Å². The van der Waals surface area contributed by atoms with Crippen molar-refractivity contribution in [2.45, 2.75) is 24.9 Å². The largest absolute Gasteiger partial charge is 0.416 e. The number of alkyl halides is 3. The second-order valence-corrected chi connectivity index (χ2v) is 9.19. The van der Waals surface area contributed by atoms with E-state index in [4.69, 9.17) is 11.6 Å². The molecular weight excluding hydrogens is 465 g/mol. The third-order valence-corrected chi connectivity index (χ3v) is 6.28. The van der Waals surface area contributed by atoms with Crippen LogP contribution in [0.15, 0.2) is 65.6 Å². The van der Waals surface area contributed by atoms with E-state index in [9.17, 15) is 26.4 Å². The maximum atomic E-state index is 12.9. The Morgan fingerprint density at radius 3 is 2.38 bits per heavy atom. The summed E-state index contributed by atoms with van der Waals surface area (Å²) in [6, 6.07) is 12.7. The minimum Gasteiger partial charge on any atom is -0.322 e. The van der Waals surface area contributed by atoms with Gasteiger partial charge in [0, 0.05) is 11.4 Å². The molecule has 5 nitrogen and oxygen atoms in total. The molecule has 0 saturated heterocycles. The van der Waals surface area contributed by atoms with E-state index in [2.05, 4.69) is 10.0 Å². The summed E-state index contributed by atoms with van der Waals surface area (Å²) in [5.41, 5.74) is 0.896. The standard InChI is InChI=1S/C22H18ClF3N2O3S/c1-13-6-7-14(2)20(10-13)27-21(29)18-12-17(8-9-19(18)23)32(30,31)28-16-5-3-4-15(11-16)22(24,25)26/h3-12,28H,1-2H3,(H,27,29). The van der Waals surface area contributed by atoms with E-state index in [1.54, 1.807) is 13.0 Å². The van der Waals surface area contributed by atoms with Gasteiger partial charge >= 0.3 is 6.18 Å². The lowest BCUT2D eigenvalue weighted by molar-refractivity contribution is -0.137. The van der Waals surface area contributed by atoms with Crippen molar-refractivity contribution < 1.29 is 26.4 Å². The fourth-order valence-electron chi connectivity index (χ4n) is 2.88. The lowest BCUT2D eigenvalue weighted by atomic mass is 10.1. The number of anilines is 2. The van der Waals surface area contributed by atoms with Crippen LogP contribution in [0.2, 0.25) is 5.02 Å². The molecule has 0 spiro atoms. The van der Waals surface area contributed by atoms with E-state index in [-0.39, 0.29) is 21.2 Å². The number of halogens is 4. The van der Waals surface area contributed by atoms with Gasteiger partial charge in [-0.25, -0.2) is 8.42 Å². The molecule has 1 amide bonds. The first-order valence-corrected chi connectivity index (χ1v) is 11.1. The fraction of sp³-hybridized carbons (Fsp3) is 0.136. The Balaban J connectivity index is 1.90. The highest BCUT2D eigenvalue weighted by Crippen LogP contribution is 2.31. The van der Waals surface area contributed by atoms with Gasteiger partial charge in [-0.2, -0.15) is 13.2 Å². The number of benzene rings is 3. The number of sulfonamides is 1. The van der Waals surface area contributed by atoms with Crippen LogP contribution in [-0.2, 0) is 16.2 Å². The van der Waals surface area contributed by atoms with E-state index in [0.717, 1.165) is 35.4 Å². The first-order chi connectivity index (χ1) is 14.9. The molecule has 0 atom stereocenters. The summed E-state index contributed by atoms with van der Waals surface area (Å²) in [6.07, 6.45) is -4.62. The number of hydrogen-bond donors (Lipinski definition) is 2. The van der Waals surface area contributed by atoms with Crippen molar-refractivity contribution in [3.63, 3.8) is 0 Å². The van der Waals surface area contributed by atoms with Crippen molar-refractivity contribution in [2.75, 3.05) is 10.0 Å². The van der Waals surface area contributed by atoms with E-state index in [0.29, 0.717) is 11.8 Å². The number of carbonyl (C=O) groups excluding carboxylic acids is 1. The number of amides is 1. The minimum atomic E-state index is -4.62. The molecule has 10 heteroatoms. The predicted octanol–water partition coefficient (Wildman–Crippen LogP) is 6.03. The number of hydrogen-bond acceptors (Lipinski definition) is 3. The molecule has 32 heavy (non-hydrogen) atoms. The zero-order chi connectivity index (χ0) is 23.7. The number of aryl methyl sites for hydroxylation is 2. The van der Waals surface area contributed by atoms with Crippen LogP contribution in [0.5, 0.6) is 0 Å². The third-order valence-electron chi connectivity index (χ3n) is 4.58. The van der Waals surface area contributed by atoms with Crippen LogP contribution in [-0.4, -0.2) is 14.3 Å². The monoisotopic (exact) mass is 482 g/mol. The molecule has 2 N–H and O–H groups in total. The van der Waals surface area contributed by atoms with Crippen LogP contribution in [0.4, 0.5) is 24.5 Å². The number of carbonyl (C=O) groups is 1. The van der Waals surface area contributed by atoms with Gasteiger partial charge in [-0.1, -0.05) is 29.8 Å². The molecule has 0 unspecified atom stereocenters. The molecule has 0 radical (unpaired) electrons. The van der Waals surface area contributed by atoms with Crippen LogP contribution in [0.25, 0.3) is 0 Å². The van der Waals surface area contributed by atoms with Gasteiger partial charge in [-0.3, -0.25) is 9.52 Å². The van der Waals surface area contributed by atoms with Gasteiger partial charge in [0.2, 0.25) is 0 Å². The van der Waals surface area contributed by atoms with Crippen LogP contribution < -0.4 is 10.0 Å². The first kappa shape index (κ1) is 23.6. The van der Waals surface area contributed by atoms with Crippen molar-refractivity contribution in [2.24, 2.45) is 0 Å². The molecule has 0 saturated carbocycles. The second kappa shape index (κ2) is 8.84. The molecule has 0 aromatic heterocycles. The Labute approximate surface area is 188 Å². The quantitative estimate of drug-likeness (QED) is 0.466. The fourth-order valence-corrected chi connectivity index (χ4v) is 4.16. The molecule has 0 aliphatic heterocycles. The second-order valence-electron chi connectivity index (χ2n) is 7.10. The summed E-state index contributed by atoms with van der Waals surface area (Å²) in [7, 11) is -4.29. The van der Waals surface area contributed by atoms with Gasteiger partial charge < -0.3 is 5.32 Å². The van der Waals surface area contributed by atoms with Gasteiger partial charge in [-0.05, 0) is 67.4 Å². The summed E-state index contributed by atoms with van der Waals surface area (Å²) in [4.78, 5) is 12.4. The molecule has 168 valence electrons. The molecule has 0 heterocycles. The SMILES string of the molecule is Cc1ccc(C)c(NC(=O)c2cc(S(=O)(=O)Nc3cccc(C(F)(F)F)c3)ccc2Cl)c1. The van der Waals surface area contributed by atoms with Crippen molar-refractivity contribution in [1.29, 1.82) is 0 Å². The lowest BCUT2D eigenvalue weighted by Gasteiger charge is -2.13. The maximum absolute atomic E-state index is 12.9. The van der Waals surface area contributed by atoms with Crippen LogP contribution in [0.1, 0.15) is 27.0 Å². The zero-order valence-electron chi connectivity index (χ0n) is 16.9. The lowest BCUT2D eigenvalue weighted by Crippen LogP contribution is -2.17. The molecule has 0 fully saturated rings. The normalized spacial score (nSPS) is 11.8. The molecule has 0 aliphatic rings. The Morgan fingerprint density at radius 2 is 1.69 bits per heavy atom. The third kappa shape index (κ3) is 5.41. The van der Waals surface area contributed by atoms with Crippen molar-refractivity contribution >= 4 is 38.9 Å². The van der Waals surface area contributed by atoms with Crippen molar-refractivity contribution in [3.8, 4) is 0 Å². The van der Waals surface area contributed by atoms with Gasteiger partial charge in [-0.15, -0.1) is 0 Å². The summed E-state index contributed by atoms with van der Waals surface area (Å²) < 4.78 is 66.3. The van der Waals surface area contributed by atoms with E-state index < -0.39 is 27.7 Å². The Kier molecular flexibility index (Phi) is 6.52. The number of rotatable bonds is 5. The average Bonchev–Trinajstić information content (AvgIpc) is 2.70. The average molecular weight is 483 g/mol. The molecule has 0 bridgehead atoms. The Bertz CT molecular complexity index is 1290. The van der Waals surface area contributed by atoms with E-state index >= 15 is 0 Å². The van der Waals surface area contributed by atoms with Crippen molar-refractivity contribution in [1.82, 2.24) is 0 Å².